The van der Waals surface area contributed by atoms with Gasteiger partial charge in [-0.1, -0.05) is 0 Å². The van der Waals surface area contributed by atoms with Crippen LogP contribution in [0.4, 0.5) is 0 Å². The van der Waals surface area contributed by atoms with Crippen molar-refractivity contribution in [2.75, 3.05) is 13.6 Å². The Morgan fingerprint density at radius 1 is 1.69 bits per heavy atom. The van der Waals surface area contributed by atoms with Crippen molar-refractivity contribution in [1.29, 1.82) is 0 Å². The van der Waals surface area contributed by atoms with E-state index in [1.807, 2.05) is 31.9 Å². The van der Waals surface area contributed by atoms with Crippen LogP contribution in [0.15, 0.2) is 12.3 Å². The normalized spacial score (nSPS) is 17.2. The molecule has 1 aliphatic carbocycles. The van der Waals surface area contributed by atoms with Crippen molar-refractivity contribution in [2.45, 2.75) is 32.7 Å². The van der Waals surface area contributed by atoms with Crippen molar-refractivity contribution < 1.29 is 4.79 Å². The van der Waals surface area contributed by atoms with Gasteiger partial charge < -0.3 is 4.90 Å². The van der Waals surface area contributed by atoms with Gasteiger partial charge in [0.15, 0.2) is 0 Å². The molecule has 0 spiro atoms. The van der Waals surface area contributed by atoms with Gasteiger partial charge in [-0.3, -0.25) is 9.48 Å². The van der Waals surface area contributed by atoms with Gasteiger partial charge in [-0.25, -0.2) is 0 Å². The van der Waals surface area contributed by atoms with Gasteiger partial charge in [-0.2, -0.15) is 5.10 Å². The highest BCUT2D eigenvalue weighted by atomic mass is 16.2. The zero-order valence-electron chi connectivity index (χ0n) is 10.2. The largest absolute Gasteiger partial charge is 0.344 e. The molecule has 0 aromatic carbocycles. The number of carbonyl (C=O) groups excluding carboxylic acids is 1. The standard InChI is InChI=1S/C12H19N3O/c1-9-6-7-13-15(9)10(2)12(16)14(3)8-11-4-5-11/h6-7,10-11H,4-5,8H2,1-3H3. The summed E-state index contributed by atoms with van der Waals surface area (Å²) in [5.41, 5.74) is 1.03. The maximum Gasteiger partial charge on any atom is 0.246 e. The number of amides is 1. The fourth-order valence-electron chi connectivity index (χ4n) is 1.99. The Bertz CT molecular complexity index is 381. The second kappa shape index (κ2) is 4.28. The van der Waals surface area contributed by atoms with E-state index in [1.165, 1.54) is 12.8 Å². The van der Waals surface area contributed by atoms with E-state index < -0.39 is 0 Å². The van der Waals surface area contributed by atoms with Gasteiger partial charge in [0.25, 0.3) is 0 Å². The molecule has 4 heteroatoms. The first-order valence-electron chi connectivity index (χ1n) is 5.84. The Kier molecular flexibility index (Phi) is 2.99. The van der Waals surface area contributed by atoms with Crippen LogP contribution in [0.5, 0.6) is 0 Å². The zero-order chi connectivity index (χ0) is 11.7. The van der Waals surface area contributed by atoms with E-state index >= 15 is 0 Å². The highest BCUT2D eigenvalue weighted by molar-refractivity contribution is 5.79. The molecule has 4 nitrogen and oxygen atoms in total. The molecule has 1 aromatic rings. The summed E-state index contributed by atoms with van der Waals surface area (Å²) in [6.07, 6.45) is 4.28. The van der Waals surface area contributed by atoms with E-state index in [2.05, 4.69) is 5.10 Å². The average Bonchev–Trinajstić information content (AvgIpc) is 2.96. The van der Waals surface area contributed by atoms with E-state index in [0.29, 0.717) is 0 Å². The molecule has 0 radical (unpaired) electrons. The van der Waals surface area contributed by atoms with Crippen LogP contribution in [0, 0.1) is 12.8 Å². The molecule has 0 bridgehead atoms. The topological polar surface area (TPSA) is 38.1 Å². The third kappa shape index (κ3) is 2.26. The summed E-state index contributed by atoms with van der Waals surface area (Å²) in [5, 5.41) is 4.18. The first-order valence-corrected chi connectivity index (χ1v) is 5.84. The second-order valence-electron chi connectivity index (χ2n) is 4.76. The van der Waals surface area contributed by atoms with Crippen LogP contribution >= 0.6 is 0 Å². The van der Waals surface area contributed by atoms with Crippen molar-refractivity contribution in [1.82, 2.24) is 14.7 Å². The van der Waals surface area contributed by atoms with Crippen LogP contribution in [0.25, 0.3) is 0 Å². The summed E-state index contributed by atoms with van der Waals surface area (Å²) in [4.78, 5) is 14.0. The quantitative estimate of drug-likeness (QED) is 0.775. The van der Waals surface area contributed by atoms with Crippen molar-refractivity contribution in [3.8, 4) is 0 Å². The minimum atomic E-state index is -0.196. The molecular weight excluding hydrogens is 202 g/mol. The van der Waals surface area contributed by atoms with E-state index in [4.69, 9.17) is 0 Å². The average molecular weight is 221 g/mol. The Morgan fingerprint density at radius 3 is 2.88 bits per heavy atom. The minimum absolute atomic E-state index is 0.152. The highest BCUT2D eigenvalue weighted by Crippen LogP contribution is 2.29. The number of nitrogens with zero attached hydrogens (tertiary/aromatic N) is 3. The molecular formula is C12H19N3O. The molecule has 0 saturated heterocycles. The van der Waals surface area contributed by atoms with Crippen molar-refractivity contribution in [3.63, 3.8) is 0 Å². The first-order chi connectivity index (χ1) is 7.59. The molecule has 2 rings (SSSR count). The number of rotatable bonds is 4. The minimum Gasteiger partial charge on any atom is -0.344 e. The van der Waals surface area contributed by atoms with Crippen molar-refractivity contribution in [3.05, 3.63) is 18.0 Å². The molecule has 0 aliphatic heterocycles. The second-order valence-corrected chi connectivity index (χ2v) is 4.76. The molecule has 88 valence electrons. The molecule has 1 aromatic heterocycles. The maximum atomic E-state index is 12.1. The van der Waals surface area contributed by atoms with E-state index in [0.717, 1.165) is 18.2 Å². The SMILES string of the molecule is Cc1ccnn1C(C)C(=O)N(C)CC1CC1. The lowest BCUT2D eigenvalue weighted by molar-refractivity contribution is -0.133. The first kappa shape index (κ1) is 11.2. The lowest BCUT2D eigenvalue weighted by atomic mass is 10.2. The number of carbonyl (C=O) groups is 1. The van der Waals surface area contributed by atoms with Crippen LogP contribution in [0.2, 0.25) is 0 Å². The van der Waals surface area contributed by atoms with E-state index in [1.54, 1.807) is 10.9 Å². The van der Waals surface area contributed by atoms with Gasteiger partial charge >= 0.3 is 0 Å². The Labute approximate surface area is 96.2 Å². The molecule has 1 atom stereocenters. The summed E-state index contributed by atoms with van der Waals surface area (Å²) in [6, 6.07) is 1.73. The predicted molar refractivity (Wildman–Crippen MR) is 62.0 cm³/mol. The van der Waals surface area contributed by atoms with E-state index in [-0.39, 0.29) is 11.9 Å². The maximum absolute atomic E-state index is 12.1. The molecule has 1 unspecified atom stereocenters. The van der Waals surface area contributed by atoms with Gasteiger partial charge in [0.05, 0.1) is 0 Å². The lowest BCUT2D eigenvalue weighted by Crippen LogP contribution is -2.35. The van der Waals surface area contributed by atoms with Crippen molar-refractivity contribution in [2.24, 2.45) is 5.92 Å². The number of hydrogen-bond acceptors (Lipinski definition) is 2. The fourth-order valence-corrected chi connectivity index (χ4v) is 1.99. The molecule has 1 saturated carbocycles. The molecule has 1 fully saturated rings. The lowest BCUT2D eigenvalue weighted by Gasteiger charge is -2.22. The Morgan fingerprint density at radius 2 is 2.38 bits per heavy atom. The monoisotopic (exact) mass is 221 g/mol. The van der Waals surface area contributed by atoms with Gasteiger partial charge in [-0.15, -0.1) is 0 Å². The number of hydrogen-bond donors (Lipinski definition) is 0. The summed E-state index contributed by atoms with van der Waals surface area (Å²) in [6.45, 7) is 4.77. The van der Waals surface area contributed by atoms with Crippen molar-refractivity contribution >= 4 is 5.91 Å². The molecule has 1 amide bonds. The van der Waals surface area contributed by atoms with Crippen LogP contribution in [-0.2, 0) is 4.79 Å². The van der Waals surface area contributed by atoms with E-state index in [9.17, 15) is 4.79 Å². The summed E-state index contributed by atoms with van der Waals surface area (Å²) < 4.78 is 1.78. The smallest absolute Gasteiger partial charge is 0.246 e. The predicted octanol–water partition coefficient (Wildman–Crippen LogP) is 1.62. The molecule has 1 aliphatic rings. The number of aromatic nitrogens is 2. The summed E-state index contributed by atoms with van der Waals surface area (Å²) >= 11 is 0. The Hall–Kier alpha value is -1.32. The van der Waals surface area contributed by atoms with Crippen LogP contribution in [0.1, 0.15) is 31.5 Å². The molecule has 16 heavy (non-hydrogen) atoms. The summed E-state index contributed by atoms with van der Waals surface area (Å²) in [7, 11) is 1.88. The number of aryl methyl sites for hydroxylation is 1. The Balaban J connectivity index is 2.00. The van der Waals surface area contributed by atoms with Crippen LogP contribution in [-0.4, -0.2) is 34.2 Å². The van der Waals surface area contributed by atoms with Crippen LogP contribution in [0.3, 0.4) is 0 Å². The van der Waals surface area contributed by atoms with Gasteiger partial charge in [0, 0.05) is 25.5 Å². The third-order valence-corrected chi connectivity index (χ3v) is 3.20. The third-order valence-electron chi connectivity index (χ3n) is 3.20. The van der Waals surface area contributed by atoms with Crippen LogP contribution < -0.4 is 0 Å². The fraction of sp³-hybridized carbons (Fsp3) is 0.667. The molecule has 1 heterocycles. The van der Waals surface area contributed by atoms with Gasteiger partial charge in [0.2, 0.25) is 5.91 Å². The molecule has 0 N–H and O–H groups in total. The summed E-state index contributed by atoms with van der Waals surface area (Å²) in [5.74, 6) is 0.888. The van der Waals surface area contributed by atoms with Gasteiger partial charge in [0.1, 0.15) is 6.04 Å². The number of likely N-dealkylation sites (N-methyl/N-ethyl adjacent to an activating group) is 1. The van der Waals surface area contributed by atoms with Gasteiger partial charge in [-0.05, 0) is 38.7 Å². The zero-order valence-corrected chi connectivity index (χ0v) is 10.2. The highest BCUT2D eigenvalue weighted by Gasteiger charge is 2.27.